The summed E-state index contributed by atoms with van der Waals surface area (Å²) in [6.45, 7) is 10.3. The lowest BCUT2D eigenvalue weighted by Gasteiger charge is -2.42. The van der Waals surface area contributed by atoms with Crippen LogP contribution in [0.25, 0.3) is 0 Å². The Bertz CT molecular complexity index is 410. The van der Waals surface area contributed by atoms with Gasteiger partial charge in [-0.3, -0.25) is 0 Å². The Kier molecular flexibility index (Phi) is 3.21. The third-order valence-corrected chi connectivity index (χ3v) is 5.83. The van der Waals surface area contributed by atoms with Crippen molar-refractivity contribution in [2.75, 3.05) is 0 Å². The third-order valence-electron chi connectivity index (χ3n) is 5.83. The van der Waals surface area contributed by atoms with E-state index >= 15 is 0 Å². The first kappa shape index (κ1) is 13.2. The van der Waals surface area contributed by atoms with Crippen molar-refractivity contribution < 1.29 is 4.74 Å². The van der Waals surface area contributed by atoms with E-state index in [0.29, 0.717) is 17.4 Å². The van der Waals surface area contributed by atoms with Gasteiger partial charge in [0, 0.05) is 0 Å². The predicted molar refractivity (Wildman–Crippen MR) is 79.9 cm³/mol. The van der Waals surface area contributed by atoms with E-state index < -0.39 is 0 Å². The standard InChI is InChI=1S/C18H26O/c1-4-8-14-12-17(3)13-15(9-5-2)19-18(17)11-7-6-10-16(14)18/h4-7,14-16H,1-2,8-13H2,3H3/t14-,15-,16-,17-,18-/m1/s1. The maximum absolute atomic E-state index is 6.64. The van der Waals surface area contributed by atoms with Crippen molar-refractivity contribution in [2.24, 2.45) is 17.3 Å². The molecule has 1 nitrogen and oxygen atoms in total. The van der Waals surface area contributed by atoms with Crippen molar-refractivity contribution >= 4 is 0 Å². The molecule has 0 radical (unpaired) electrons. The largest absolute Gasteiger partial charge is 0.370 e. The van der Waals surface area contributed by atoms with Crippen LogP contribution < -0.4 is 0 Å². The summed E-state index contributed by atoms with van der Waals surface area (Å²) in [5.41, 5.74) is 0.451. The van der Waals surface area contributed by atoms with Crippen LogP contribution in [0.3, 0.4) is 0 Å². The Morgan fingerprint density at radius 2 is 2.00 bits per heavy atom. The molecule has 0 amide bonds. The lowest BCUT2D eigenvalue weighted by molar-refractivity contribution is -0.103. The molecule has 1 saturated carbocycles. The number of hydrogen-bond acceptors (Lipinski definition) is 1. The molecule has 2 aliphatic carbocycles. The monoisotopic (exact) mass is 258 g/mol. The van der Waals surface area contributed by atoms with E-state index in [-0.39, 0.29) is 5.60 Å². The van der Waals surface area contributed by atoms with E-state index in [2.05, 4.69) is 38.3 Å². The smallest absolute Gasteiger partial charge is 0.0808 e. The van der Waals surface area contributed by atoms with Gasteiger partial charge < -0.3 is 4.74 Å². The number of allylic oxidation sites excluding steroid dienone is 2. The molecular formula is C18H26O. The van der Waals surface area contributed by atoms with E-state index in [1.807, 2.05) is 6.08 Å². The summed E-state index contributed by atoms with van der Waals surface area (Å²) in [5, 5.41) is 0. The van der Waals surface area contributed by atoms with Gasteiger partial charge in [-0.05, 0) is 55.8 Å². The van der Waals surface area contributed by atoms with Crippen LogP contribution in [0, 0.1) is 17.3 Å². The lowest BCUT2D eigenvalue weighted by Crippen LogP contribution is -2.45. The van der Waals surface area contributed by atoms with Gasteiger partial charge in [-0.2, -0.15) is 0 Å². The molecule has 104 valence electrons. The summed E-state index contributed by atoms with van der Waals surface area (Å²) in [7, 11) is 0. The molecule has 0 aromatic rings. The molecule has 0 aromatic carbocycles. The minimum atomic E-state index is 0.100. The van der Waals surface area contributed by atoms with Crippen molar-refractivity contribution in [2.45, 2.75) is 57.2 Å². The highest BCUT2D eigenvalue weighted by molar-refractivity contribution is 5.21. The average molecular weight is 258 g/mol. The van der Waals surface area contributed by atoms with Crippen LogP contribution in [0.15, 0.2) is 37.5 Å². The second-order valence-electron chi connectivity index (χ2n) is 6.92. The molecule has 0 N–H and O–H groups in total. The van der Waals surface area contributed by atoms with Crippen molar-refractivity contribution in [1.82, 2.24) is 0 Å². The normalized spacial score (nSPS) is 47.7. The van der Waals surface area contributed by atoms with Crippen LogP contribution in [0.5, 0.6) is 0 Å². The zero-order chi connectivity index (χ0) is 13.5. The van der Waals surface area contributed by atoms with Crippen molar-refractivity contribution in [3.63, 3.8) is 0 Å². The first-order chi connectivity index (χ1) is 9.15. The molecule has 1 saturated heterocycles. The predicted octanol–water partition coefficient (Wildman–Crippen LogP) is 4.66. The van der Waals surface area contributed by atoms with Gasteiger partial charge in [-0.25, -0.2) is 0 Å². The van der Waals surface area contributed by atoms with Gasteiger partial charge in [0.05, 0.1) is 11.7 Å². The molecule has 2 fully saturated rings. The van der Waals surface area contributed by atoms with E-state index in [4.69, 9.17) is 4.74 Å². The van der Waals surface area contributed by atoms with Gasteiger partial charge in [-0.1, -0.05) is 31.2 Å². The second-order valence-corrected chi connectivity index (χ2v) is 6.92. The molecular weight excluding hydrogens is 232 g/mol. The molecule has 3 rings (SSSR count). The second kappa shape index (κ2) is 4.63. The highest BCUT2D eigenvalue weighted by Gasteiger charge is 2.66. The summed E-state index contributed by atoms with van der Waals surface area (Å²) in [5.74, 6) is 1.45. The van der Waals surface area contributed by atoms with E-state index in [9.17, 15) is 0 Å². The van der Waals surface area contributed by atoms with Gasteiger partial charge in [0.2, 0.25) is 0 Å². The highest BCUT2D eigenvalue weighted by Crippen LogP contribution is 2.66. The summed E-state index contributed by atoms with van der Waals surface area (Å²) in [6, 6.07) is 0. The van der Waals surface area contributed by atoms with Crippen LogP contribution >= 0.6 is 0 Å². The first-order valence-corrected chi connectivity index (χ1v) is 7.70. The zero-order valence-electron chi connectivity index (χ0n) is 12.1. The quantitative estimate of drug-likeness (QED) is 0.666. The zero-order valence-corrected chi connectivity index (χ0v) is 12.1. The summed E-state index contributed by atoms with van der Waals surface area (Å²) >= 11 is 0. The summed E-state index contributed by atoms with van der Waals surface area (Å²) in [4.78, 5) is 0. The molecule has 1 heterocycles. The van der Waals surface area contributed by atoms with Crippen LogP contribution in [0.1, 0.15) is 45.4 Å². The van der Waals surface area contributed by atoms with Gasteiger partial charge in [0.25, 0.3) is 0 Å². The fourth-order valence-corrected chi connectivity index (χ4v) is 5.16. The maximum Gasteiger partial charge on any atom is 0.0808 e. The first-order valence-electron chi connectivity index (χ1n) is 7.70. The summed E-state index contributed by atoms with van der Waals surface area (Å²) in [6.07, 6.45) is 16.2. The van der Waals surface area contributed by atoms with Crippen molar-refractivity contribution in [1.29, 1.82) is 0 Å². The van der Waals surface area contributed by atoms with Gasteiger partial charge >= 0.3 is 0 Å². The third kappa shape index (κ3) is 1.78. The fraction of sp³-hybridized carbons (Fsp3) is 0.667. The van der Waals surface area contributed by atoms with E-state index in [0.717, 1.165) is 25.2 Å². The Balaban J connectivity index is 1.92. The van der Waals surface area contributed by atoms with Crippen molar-refractivity contribution in [3.05, 3.63) is 37.5 Å². The minimum Gasteiger partial charge on any atom is -0.370 e. The molecule has 19 heavy (non-hydrogen) atoms. The summed E-state index contributed by atoms with van der Waals surface area (Å²) < 4.78 is 6.64. The van der Waals surface area contributed by atoms with Crippen LogP contribution in [0.2, 0.25) is 0 Å². The Morgan fingerprint density at radius 1 is 1.21 bits per heavy atom. The SMILES string of the molecule is C=CC[C@@H]1C[C@@]2(C)C[C@@H](CC=C)[C@H]3CC=CC[C@@]32O1. The van der Waals surface area contributed by atoms with Crippen LogP contribution in [-0.4, -0.2) is 11.7 Å². The Morgan fingerprint density at radius 3 is 2.74 bits per heavy atom. The molecule has 1 spiro atoms. The van der Waals surface area contributed by atoms with Crippen molar-refractivity contribution in [3.8, 4) is 0 Å². The highest BCUT2D eigenvalue weighted by atomic mass is 16.5. The van der Waals surface area contributed by atoms with E-state index in [1.54, 1.807) is 0 Å². The molecule has 0 unspecified atom stereocenters. The number of ether oxygens (including phenoxy) is 1. The number of rotatable bonds is 4. The lowest BCUT2D eigenvalue weighted by atomic mass is 9.68. The molecule has 0 aromatic heterocycles. The topological polar surface area (TPSA) is 9.23 Å². The van der Waals surface area contributed by atoms with Gasteiger partial charge in [0.15, 0.2) is 0 Å². The number of hydrogen-bond donors (Lipinski definition) is 0. The van der Waals surface area contributed by atoms with E-state index in [1.165, 1.54) is 19.3 Å². The fourth-order valence-electron chi connectivity index (χ4n) is 5.16. The van der Waals surface area contributed by atoms with Crippen LogP contribution in [-0.2, 0) is 4.74 Å². The molecule has 5 atom stereocenters. The van der Waals surface area contributed by atoms with Gasteiger partial charge in [-0.15, -0.1) is 13.2 Å². The maximum atomic E-state index is 6.64. The molecule has 1 heteroatoms. The average Bonchev–Trinajstić information content (AvgIpc) is 2.75. The Labute approximate surface area is 117 Å². The van der Waals surface area contributed by atoms with Crippen LogP contribution in [0.4, 0.5) is 0 Å². The molecule has 3 aliphatic rings. The molecule has 1 aliphatic heterocycles. The van der Waals surface area contributed by atoms with Gasteiger partial charge in [0.1, 0.15) is 0 Å². The Hall–Kier alpha value is -0.820. The molecule has 0 bridgehead atoms. The minimum absolute atomic E-state index is 0.100.